The molecule has 0 aromatic heterocycles. The maximum atomic E-state index is 12.7. The summed E-state index contributed by atoms with van der Waals surface area (Å²) in [5.74, 6) is 9.97. The monoisotopic (exact) mass is 192 g/mol. The number of hydrogen-bond acceptors (Lipinski definition) is 1. The molecule has 0 aliphatic carbocycles. The van der Waals surface area contributed by atoms with E-state index in [1.165, 1.54) is 0 Å². The first-order valence-corrected chi connectivity index (χ1v) is 4.31. The molecule has 0 aromatic rings. The van der Waals surface area contributed by atoms with Gasteiger partial charge in [-0.3, -0.25) is 0 Å². The zero-order valence-electron chi connectivity index (χ0n) is 8.23. The minimum absolute atomic E-state index is 0.131. The number of aliphatic hydroxyl groups is 1. The largest absolute Gasteiger partial charge is 0.396 e. The van der Waals surface area contributed by atoms with Crippen molar-refractivity contribution in [2.75, 3.05) is 6.61 Å². The summed E-state index contributed by atoms with van der Waals surface area (Å²) in [5, 5.41) is 8.44. The number of hydrogen-bond donors (Lipinski definition) is 1. The van der Waals surface area contributed by atoms with Crippen molar-refractivity contribution >= 4 is 0 Å². The Bertz CT molecular complexity index is 331. The summed E-state index contributed by atoms with van der Waals surface area (Å²) < 4.78 is 12.7. The lowest BCUT2D eigenvalue weighted by atomic mass is 10.2. The van der Waals surface area contributed by atoms with Crippen LogP contribution in [0, 0.1) is 23.7 Å². The van der Waals surface area contributed by atoms with E-state index in [9.17, 15) is 4.39 Å². The molecule has 0 amide bonds. The highest BCUT2D eigenvalue weighted by atomic mass is 19.1. The molecule has 0 aliphatic rings. The number of allylic oxidation sites excluding steroid dienone is 3. The van der Waals surface area contributed by atoms with Gasteiger partial charge in [0.15, 0.2) is 0 Å². The van der Waals surface area contributed by atoms with Gasteiger partial charge in [-0.15, -0.1) is 0 Å². The maximum absolute atomic E-state index is 12.7. The predicted molar refractivity (Wildman–Crippen MR) is 55.9 cm³/mol. The van der Waals surface area contributed by atoms with Gasteiger partial charge >= 0.3 is 0 Å². The first-order valence-electron chi connectivity index (χ1n) is 4.31. The molecule has 0 atom stereocenters. The van der Waals surface area contributed by atoms with E-state index < -0.39 is 5.83 Å². The Morgan fingerprint density at radius 2 is 2.21 bits per heavy atom. The SMILES string of the molecule is C=C/C(F)=C(\C)C#CC#CCCCO. The molecule has 0 spiro atoms. The number of unbranched alkanes of at least 4 members (excludes halogenated alkanes) is 1. The van der Waals surface area contributed by atoms with Crippen LogP contribution >= 0.6 is 0 Å². The van der Waals surface area contributed by atoms with Crippen LogP contribution in [-0.2, 0) is 0 Å². The molecular weight excluding hydrogens is 179 g/mol. The van der Waals surface area contributed by atoms with Crippen LogP contribution in [0.25, 0.3) is 0 Å². The average Bonchev–Trinajstić information content (AvgIpc) is 2.21. The highest BCUT2D eigenvalue weighted by molar-refractivity contribution is 5.39. The Kier molecular flexibility index (Phi) is 7.23. The normalized spacial score (nSPS) is 10.2. The molecule has 0 radical (unpaired) electrons. The summed E-state index contributed by atoms with van der Waals surface area (Å²) in [4.78, 5) is 0. The zero-order chi connectivity index (χ0) is 10.8. The summed E-state index contributed by atoms with van der Waals surface area (Å²) in [6.07, 6.45) is 2.37. The summed E-state index contributed by atoms with van der Waals surface area (Å²) in [6, 6.07) is 0. The minimum atomic E-state index is -0.422. The van der Waals surface area contributed by atoms with E-state index in [-0.39, 0.29) is 6.61 Å². The Hall–Kier alpha value is -1.51. The van der Waals surface area contributed by atoms with Gasteiger partial charge in [-0.1, -0.05) is 18.4 Å². The second-order valence-electron chi connectivity index (χ2n) is 2.56. The van der Waals surface area contributed by atoms with Gasteiger partial charge in [0.1, 0.15) is 5.83 Å². The van der Waals surface area contributed by atoms with Crippen molar-refractivity contribution in [1.82, 2.24) is 0 Å². The van der Waals surface area contributed by atoms with Crippen LogP contribution < -0.4 is 0 Å². The van der Waals surface area contributed by atoms with Gasteiger partial charge < -0.3 is 5.11 Å². The van der Waals surface area contributed by atoms with E-state index in [2.05, 4.69) is 30.3 Å². The van der Waals surface area contributed by atoms with E-state index in [4.69, 9.17) is 5.11 Å². The van der Waals surface area contributed by atoms with Crippen LogP contribution in [0.1, 0.15) is 19.8 Å². The van der Waals surface area contributed by atoms with Gasteiger partial charge in [0.25, 0.3) is 0 Å². The van der Waals surface area contributed by atoms with Crippen LogP contribution in [0.3, 0.4) is 0 Å². The highest BCUT2D eigenvalue weighted by Gasteiger charge is 1.89. The van der Waals surface area contributed by atoms with Crippen LogP contribution in [0.15, 0.2) is 24.1 Å². The van der Waals surface area contributed by atoms with Gasteiger partial charge in [-0.25, -0.2) is 4.39 Å². The quantitative estimate of drug-likeness (QED) is 0.413. The Morgan fingerprint density at radius 1 is 1.50 bits per heavy atom. The molecule has 0 bridgehead atoms. The zero-order valence-corrected chi connectivity index (χ0v) is 8.23. The molecule has 0 aromatic carbocycles. The highest BCUT2D eigenvalue weighted by Crippen LogP contribution is 2.04. The first kappa shape index (κ1) is 12.5. The number of aliphatic hydroxyl groups excluding tert-OH is 1. The van der Waals surface area contributed by atoms with Gasteiger partial charge in [0.05, 0.1) is 0 Å². The third kappa shape index (κ3) is 6.06. The molecule has 1 N–H and O–H groups in total. The summed E-state index contributed by atoms with van der Waals surface area (Å²) >= 11 is 0. The van der Waals surface area contributed by atoms with Crippen molar-refractivity contribution in [3.05, 3.63) is 24.1 Å². The van der Waals surface area contributed by atoms with E-state index in [0.29, 0.717) is 18.4 Å². The Morgan fingerprint density at radius 3 is 2.79 bits per heavy atom. The van der Waals surface area contributed by atoms with Crippen molar-refractivity contribution in [3.63, 3.8) is 0 Å². The molecule has 2 heteroatoms. The van der Waals surface area contributed by atoms with Crippen molar-refractivity contribution < 1.29 is 9.50 Å². The molecular formula is C12H13FO. The summed E-state index contributed by atoms with van der Waals surface area (Å²) in [5.41, 5.74) is 0.330. The van der Waals surface area contributed by atoms with Crippen LogP contribution in [0.5, 0.6) is 0 Å². The summed E-state index contributed by atoms with van der Waals surface area (Å²) in [7, 11) is 0. The van der Waals surface area contributed by atoms with Crippen molar-refractivity contribution in [1.29, 1.82) is 0 Å². The van der Waals surface area contributed by atoms with E-state index in [1.807, 2.05) is 0 Å². The molecule has 0 aliphatic heterocycles. The molecule has 0 saturated carbocycles. The van der Waals surface area contributed by atoms with Crippen molar-refractivity contribution in [2.45, 2.75) is 19.8 Å². The lowest BCUT2D eigenvalue weighted by Gasteiger charge is -1.86. The third-order valence-corrected chi connectivity index (χ3v) is 1.40. The second kappa shape index (κ2) is 8.10. The third-order valence-electron chi connectivity index (χ3n) is 1.40. The van der Waals surface area contributed by atoms with Crippen LogP contribution in [-0.4, -0.2) is 11.7 Å². The van der Waals surface area contributed by atoms with Gasteiger partial charge in [-0.05, 0) is 31.3 Å². The van der Waals surface area contributed by atoms with Crippen molar-refractivity contribution in [2.24, 2.45) is 0 Å². The average molecular weight is 192 g/mol. The Labute approximate surface area is 84.3 Å². The lowest BCUT2D eigenvalue weighted by Crippen LogP contribution is -1.78. The number of rotatable bonds is 3. The first-order chi connectivity index (χ1) is 6.72. The van der Waals surface area contributed by atoms with Gasteiger partial charge in [-0.2, -0.15) is 0 Å². The molecule has 74 valence electrons. The molecule has 0 unspecified atom stereocenters. The van der Waals surface area contributed by atoms with Crippen molar-refractivity contribution in [3.8, 4) is 23.7 Å². The molecule has 0 heterocycles. The minimum Gasteiger partial charge on any atom is -0.396 e. The fourth-order valence-corrected chi connectivity index (χ4v) is 0.612. The maximum Gasteiger partial charge on any atom is 0.133 e. The second-order valence-corrected chi connectivity index (χ2v) is 2.56. The van der Waals surface area contributed by atoms with Crippen LogP contribution in [0.2, 0.25) is 0 Å². The van der Waals surface area contributed by atoms with Crippen LogP contribution in [0.4, 0.5) is 4.39 Å². The molecule has 14 heavy (non-hydrogen) atoms. The topological polar surface area (TPSA) is 20.2 Å². The van der Waals surface area contributed by atoms with Gasteiger partial charge in [0.2, 0.25) is 0 Å². The fourth-order valence-electron chi connectivity index (χ4n) is 0.612. The number of halogens is 1. The van der Waals surface area contributed by atoms with E-state index in [0.717, 1.165) is 6.08 Å². The van der Waals surface area contributed by atoms with Gasteiger partial charge in [0, 0.05) is 18.6 Å². The fraction of sp³-hybridized carbons (Fsp3) is 0.333. The van der Waals surface area contributed by atoms with E-state index in [1.54, 1.807) is 6.92 Å². The molecule has 0 saturated heterocycles. The van der Waals surface area contributed by atoms with E-state index >= 15 is 0 Å². The molecule has 0 rings (SSSR count). The molecule has 1 nitrogen and oxygen atoms in total. The standard InChI is InChI=1S/C12H13FO/c1-3-12(13)11(2)9-7-5-4-6-8-10-14/h3,14H,1,6,8,10H2,2H3/b12-11-. The predicted octanol–water partition coefficient (Wildman–Crippen LogP) is 2.20. The molecule has 0 fully saturated rings. The Balaban J connectivity index is 4.16. The summed E-state index contributed by atoms with van der Waals surface area (Å²) in [6.45, 7) is 4.99. The lowest BCUT2D eigenvalue weighted by molar-refractivity contribution is 0.290. The smallest absolute Gasteiger partial charge is 0.133 e.